The molecule has 0 fully saturated rings. The standard InChI is InChI=1S/C17H14Cl2N2OS.C16H13Cl2N3OS/c1-11-3-2-4-13(7-11)10-21-17(22)20-16(23-21)9-12-5-6-14(18)15(19)8-12;1-10-3-2-4-11(7-10)9-21-16(22)20-15(23-21)19-12-5-6-13(17)14(18)8-12/h2-8H,9-10H2,1H3;2-8H,9H2,1H3,(H,19,20,22). The van der Waals surface area contributed by atoms with Gasteiger partial charge in [-0.1, -0.05) is 112 Å². The van der Waals surface area contributed by atoms with Crippen molar-refractivity contribution in [3.8, 4) is 0 Å². The van der Waals surface area contributed by atoms with Crippen molar-refractivity contribution in [2.75, 3.05) is 5.32 Å². The Balaban J connectivity index is 0.000000181. The van der Waals surface area contributed by atoms with Crippen molar-refractivity contribution >= 4 is 80.3 Å². The quantitative estimate of drug-likeness (QED) is 0.169. The molecule has 46 heavy (non-hydrogen) atoms. The maximum atomic E-state index is 12.1. The second-order valence-electron chi connectivity index (χ2n) is 10.4. The van der Waals surface area contributed by atoms with Gasteiger partial charge in [0.05, 0.1) is 33.2 Å². The number of nitrogens with zero attached hydrogens (tertiary/aromatic N) is 4. The van der Waals surface area contributed by atoms with E-state index in [2.05, 4.69) is 27.4 Å². The number of anilines is 2. The summed E-state index contributed by atoms with van der Waals surface area (Å²) in [6.45, 7) is 5.10. The monoisotopic (exact) mass is 729 g/mol. The minimum absolute atomic E-state index is 0.216. The van der Waals surface area contributed by atoms with Gasteiger partial charge in [0.15, 0.2) is 0 Å². The minimum Gasteiger partial charge on any atom is -0.330 e. The van der Waals surface area contributed by atoms with Gasteiger partial charge >= 0.3 is 11.4 Å². The summed E-state index contributed by atoms with van der Waals surface area (Å²) in [5, 5.41) is 6.31. The largest absolute Gasteiger partial charge is 0.360 e. The lowest BCUT2D eigenvalue weighted by atomic mass is 10.1. The first-order valence-corrected chi connectivity index (χ1v) is 17.0. The average molecular weight is 732 g/mol. The van der Waals surface area contributed by atoms with E-state index in [0.29, 0.717) is 44.7 Å². The summed E-state index contributed by atoms with van der Waals surface area (Å²) >= 11 is 26.5. The number of aromatic nitrogens is 4. The van der Waals surface area contributed by atoms with Gasteiger partial charge in [-0.15, -0.1) is 0 Å². The summed E-state index contributed by atoms with van der Waals surface area (Å²) < 4.78 is 3.27. The highest BCUT2D eigenvalue weighted by Crippen LogP contribution is 2.27. The van der Waals surface area contributed by atoms with Gasteiger partial charge < -0.3 is 5.32 Å². The predicted octanol–water partition coefficient (Wildman–Crippen LogP) is 9.27. The van der Waals surface area contributed by atoms with Gasteiger partial charge in [-0.05, 0) is 83.9 Å². The molecule has 6 rings (SSSR count). The molecule has 0 aliphatic rings. The second kappa shape index (κ2) is 15.4. The third-order valence-electron chi connectivity index (χ3n) is 6.58. The van der Waals surface area contributed by atoms with Crippen LogP contribution in [0.15, 0.2) is 94.5 Å². The number of aryl methyl sites for hydroxylation is 2. The van der Waals surface area contributed by atoms with E-state index in [9.17, 15) is 9.59 Å². The van der Waals surface area contributed by atoms with Crippen molar-refractivity contribution in [2.24, 2.45) is 0 Å². The lowest BCUT2D eigenvalue weighted by Crippen LogP contribution is -2.15. The zero-order valence-corrected chi connectivity index (χ0v) is 29.3. The number of rotatable bonds is 8. The van der Waals surface area contributed by atoms with E-state index in [1.54, 1.807) is 38.2 Å². The van der Waals surface area contributed by atoms with Crippen molar-refractivity contribution in [3.63, 3.8) is 0 Å². The highest BCUT2D eigenvalue weighted by molar-refractivity contribution is 7.10. The van der Waals surface area contributed by atoms with Gasteiger partial charge in [0.1, 0.15) is 5.01 Å². The molecule has 0 bridgehead atoms. The summed E-state index contributed by atoms with van der Waals surface area (Å²) in [6, 6.07) is 26.8. The molecule has 236 valence electrons. The molecule has 0 unspecified atom stereocenters. The predicted molar refractivity (Wildman–Crippen MR) is 192 cm³/mol. The molecular formula is C33H27Cl4N5O2S2. The van der Waals surface area contributed by atoms with Crippen LogP contribution in [0.25, 0.3) is 0 Å². The third kappa shape index (κ3) is 9.31. The minimum atomic E-state index is -0.279. The molecule has 0 saturated carbocycles. The lowest BCUT2D eigenvalue weighted by Gasteiger charge is -2.04. The van der Waals surface area contributed by atoms with Crippen molar-refractivity contribution in [1.82, 2.24) is 17.9 Å². The van der Waals surface area contributed by atoms with Crippen LogP contribution in [0.1, 0.15) is 32.8 Å². The third-order valence-corrected chi connectivity index (χ3v) is 9.89. The Labute approximate surface area is 293 Å². The summed E-state index contributed by atoms with van der Waals surface area (Å²) in [7, 11) is 0. The van der Waals surface area contributed by atoms with Gasteiger partial charge in [0.25, 0.3) is 0 Å². The van der Waals surface area contributed by atoms with Crippen LogP contribution in [0.2, 0.25) is 20.1 Å². The molecule has 0 atom stereocenters. The second-order valence-corrected chi connectivity index (χ2v) is 14.1. The van der Waals surface area contributed by atoms with E-state index in [4.69, 9.17) is 46.4 Å². The molecule has 0 aliphatic heterocycles. The van der Waals surface area contributed by atoms with E-state index in [1.165, 1.54) is 28.6 Å². The Kier molecular flexibility index (Phi) is 11.4. The van der Waals surface area contributed by atoms with E-state index >= 15 is 0 Å². The highest BCUT2D eigenvalue weighted by atomic mass is 35.5. The summed E-state index contributed by atoms with van der Waals surface area (Å²) in [5.74, 6) is 0. The molecule has 0 radical (unpaired) electrons. The van der Waals surface area contributed by atoms with E-state index in [0.717, 1.165) is 32.9 Å². The first kappa shape index (κ1) is 33.9. The molecule has 0 spiro atoms. The molecule has 2 heterocycles. The van der Waals surface area contributed by atoms with E-state index in [-0.39, 0.29) is 11.4 Å². The molecular weight excluding hydrogens is 704 g/mol. The Hall–Kier alpha value is -3.44. The fourth-order valence-corrected chi connectivity index (χ4v) is 6.83. The Bertz CT molecular complexity index is 1960. The molecule has 1 N–H and O–H groups in total. The highest BCUT2D eigenvalue weighted by Gasteiger charge is 2.10. The molecule has 2 aromatic heterocycles. The van der Waals surface area contributed by atoms with Crippen LogP contribution in [0.5, 0.6) is 0 Å². The molecule has 7 nitrogen and oxygen atoms in total. The van der Waals surface area contributed by atoms with Crippen molar-refractivity contribution in [2.45, 2.75) is 33.4 Å². The summed E-state index contributed by atoms with van der Waals surface area (Å²) in [4.78, 5) is 32.2. The maximum Gasteiger partial charge on any atom is 0.360 e. The molecule has 0 saturated heterocycles. The molecule has 6 aromatic rings. The van der Waals surface area contributed by atoms with Crippen molar-refractivity contribution < 1.29 is 0 Å². The van der Waals surface area contributed by atoms with Crippen LogP contribution < -0.4 is 16.7 Å². The average Bonchev–Trinajstić information content (AvgIpc) is 3.52. The van der Waals surface area contributed by atoms with Crippen LogP contribution in [-0.2, 0) is 19.5 Å². The molecule has 13 heteroatoms. The zero-order chi connectivity index (χ0) is 32.8. The van der Waals surface area contributed by atoms with Gasteiger partial charge in [0.2, 0.25) is 5.13 Å². The SMILES string of the molecule is Cc1cccc(Cn2sc(Cc3ccc(Cl)c(Cl)c3)nc2=O)c1.Cc1cccc(Cn2sc(Nc3ccc(Cl)c(Cl)c3)nc2=O)c1. The molecule has 0 amide bonds. The Morgan fingerprint density at radius 2 is 1.20 bits per heavy atom. The first-order chi connectivity index (χ1) is 22.0. The topological polar surface area (TPSA) is 81.8 Å². The number of halogens is 4. The fraction of sp³-hybridized carbons (Fsp3) is 0.152. The normalized spacial score (nSPS) is 10.8. The van der Waals surface area contributed by atoms with Crippen LogP contribution in [0.4, 0.5) is 10.8 Å². The van der Waals surface area contributed by atoms with Crippen molar-refractivity contribution in [3.05, 3.63) is 159 Å². The van der Waals surface area contributed by atoms with Gasteiger partial charge in [-0.25, -0.2) is 17.5 Å². The summed E-state index contributed by atoms with van der Waals surface area (Å²) in [6.07, 6.45) is 0.567. The Morgan fingerprint density at radius 3 is 1.78 bits per heavy atom. The fourth-order valence-electron chi connectivity index (χ4n) is 4.45. The maximum absolute atomic E-state index is 12.1. The number of hydrogen-bond acceptors (Lipinski definition) is 7. The van der Waals surface area contributed by atoms with Gasteiger partial charge in [-0.2, -0.15) is 9.97 Å². The van der Waals surface area contributed by atoms with Crippen molar-refractivity contribution in [1.29, 1.82) is 0 Å². The van der Waals surface area contributed by atoms with E-state index < -0.39 is 0 Å². The number of benzene rings is 4. The summed E-state index contributed by atoms with van der Waals surface area (Å²) in [5.41, 5.74) is 5.72. The van der Waals surface area contributed by atoms with E-state index in [1.807, 2.05) is 56.3 Å². The van der Waals surface area contributed by atoms with Crippen LogP contribution in [0.3, 0.4) is 0 Å². The lowest BCUT2D eigenvalue weighted by molar-refractivity contribution is 0.820. The smallest absolute Gasteiger partial charge is 0.330 e. The van der Waals surface area contributed by atoms with Crippen LogP contribution >= 0.6 is 69.5 Å². The first-order valence-electron chi connectivity index (χ1n) is 13.9. The molecule has 0 aliphatic carbocycles. The van der Waals surface area contributed by atoms with Gasteiger partial charge in [0, 0.05) is 12.1 Å². The van der Waals surface area contributed by atoms with Crippen LogP contribution in [0, 0.1) is 13.8 Å². The van der Waals surface area contributed by atoms with Gasteiger partial charge in [-0.3, -0.25) is 0 Å². The number of hydrogen-bond donors (Lipinski definition) is 1. The molecule has 4 aromatic carbocycles. The van der Waals surface area contributed by atoms with Crippen LogP contribution in [-0.4, -0.2) is 17.9 Å². The zero-order valence-electron chi connectivity index (χ0n) is 24.6. The number of nitrogens with one attached hydrogen (secondary N) is 1. The Morgan fingerprint density at radius 1 is 0.630 bits per heavy atom.